The Morgan fingerprint density at radius 1 is 1.12 bits per heavy atom. The van der Waals surface area contributed by atoms with Crippen LogP contribution >= 0.6 is 11.6 Å². The Bertz CT molecular complexity index is 788. The molecule has 136 valence electrons. The third kappa shape index (κ3) is 5.07. The van der Waals surface area contributed by atoms with Crippen molar-refractivity contribution in [3.05, 3.63) is 64.7 Å². The van der Waals surface area contributed by atoms with E-state index in [-0.39, 0.29) is 30.4 Å². The molecule has 5 nitrogen and oxygen atoms in total. The van der Waals surface area contributed by atoms with Gasteiger partial charge in [-0.2, -0.15) is 0 Å². The van der Waals surface area contributed by atoms with Crippen LogP contribution in [0.4, 0.5) is 5.69 Å². The van der Waals surface area contributed by atoms with Crippen LogP contribution in [0.5, 0.6) is 0 Å². The maximum absolute atomic E-state index is 12.3. The van der Waals surface area contributed by atoms with E-state index in [0.29, 0.717) is 16.3 Å². The molecule has 2 amide bonds. The fourth-order valence-electron chi connectivity index (χ4n) is 2.59. The number of nitrogens with one attached hydrogen (secondary N) is 3. The molecule has 26 heavy (non-hydrogen) atoms. The van der Waals surface area contributed by atoms with Gasteiger partial charge in [0.2, 0.25) is 5.91 Å². The van der Waals surface area contributed by atoms with E-state index >= 15 is 0 Å². The lowest BCUT2D eigenvalue weighted by atomic mass is 10.1. The van der Waals surface area contributed by atoms with Gasteiger partial charge < -0.3 is 16.0 Å². The molecule has 6 heteroatoms. The molecule has 1 saturated carbocycles. The van der Waals surface area contributed by atoms with Gasteiger partial charge in [-0.05, 0) is 49.6 Å². The van der Waals surface area contributed by atoms with Crippen molar-refractivity contribution in [3.8, 4) is 0 Å². The standard InChI is InChI=1S/C20H22ClN3O2/c1-13(14-6-8-15(21)9-7-14)22-12-19(25)24-18-5-3-2-4-17(18)20(26)23-16-10-11-16/h2-9,13,16,22H,10-12H2,1H3,(H,23,26)(H,24,25)/t13-/m1/s1. The number of benzene rings is 2. The van der Waals surface area contributed by atoms with Crippen LogP contribution in [-0.4, -0.2) is 24.4 Å². The molecule has 2 aromatic carbocycles. The average molecular weight is 372 g/mol. The molecular formula is C20H22ClN3O2. The Balaban J connectivity index is 1.56. The monoisotopic (exact) mass is 371 g/mol. The van der Waals surface area contributed by atoms with E-state index in [1.807, 2.05) is 31.2 Å². The summed E-state index contributed by atoms with van der Waals surface area (Å²) in [5.74, 6) is -0.344. The van der Waals surface area contributed by atoms with E-state index < -0.39 is 0 Å². The van der Waals surface area contributed by atoms with Crippen molar-refractivity contribution in [1.82, 2.24) is 10.6 Å². The van der Waals surface area contributed by atoms with Crippen molar-refractivity contribution < 1.29 is 9.59 Å². The number of amides is 2. The minimum Gasteiger partial charge on any atom is -0.349 e. The molecule has 0 saturated heterocycles. The highest BCUT2D eigenvalue weighted by Gasteiger charge is 2.25. The zero-order chi connectivity index (χ0) is 18.5. The van der Waals surface area contributed by atoms with Crippen molar-refractivity contribution in [2.45, 2.75) is 31.8 Å². The molecule has 0 bridgehead atoms. The summed E-state index contributed by atoms with van der Waals surface area (Å²) in [5.41, 5.74) is 2.06. The van der Waals surface area contributed by atoms with Crippen molar-refractivity contribution in [2.24, 2.45) is 0 Å². The molecule has 1 aliphatic rings. The molecule has 0 spiro atoms. The van der Waals surface area contributed by atoms with Crippen LogP contribution < -0.4 is 16.0 Å². The average Bonchev–Trinajstić information content (AvgIpc) is 3.44. The van der Waals surface area contributed by atoms with Gasteiger partial charge in [0.25, 0.3) is 5.91 Å². The summed E-state index contributed by atoms with van der Waals surface area (Å²) >= 11 is 5.89. The second-order valence-corrected chi connectivity index (χ2v) is 6.93. The fourth-order valence-corrected chi connectivity index (χ4v) is 2.72. The summed E-state index contributed by atoms with van der Waals surface area (Å²) in [7, 11) is 0. The van der Waals surface area contributed by atoms with E-state index in [1.165, 1.54) is 0 Å². The van der Waals surface area contributed by atoms with Gasteiger partial charge in [0.05, 0.1) is 17.8 Å². The van der Waals surface area contributed by atoms with Crippen molar-refractivity contribution in [3.63, 3.8) is 0 Å². The molecule has 1 fully saturated rings. The minimum atomic E-state index is -0.197. The smallest absolute Gasteiger partial charge is 0.253 e. The number of hydrogen-bond acceptors (Lipinski definition) is 3. The summed E-state index contributed by atoms with van der Waals surface area (Å²) < 4.78 is 0. The van der Waals surface area contributed by atoms with Crippen LogP contribution in [0, 0.1) is 0 Å². The molecule has 1 aliphatic carbocycles. The first kappa shape index (κ1) is 18.4. The maximum atomic E-state index is 12.3. The normalized spacial score (nSPS) is 14.5. The van der Waals surface area contributed by atoms with Crippen molar-refractivity contribution >= 4 is 29.1 Å². The number of rotatable bonds is 7. The second-order valence-electron chi connectivity index (χ2n) is 6.50. The van der Waals surface area contributed by atoms with E-state index in [0.717, 1.165) is 18.4 Å². The first-order chi connectivity index (χ1) is 12.5. The Hall–Kier alpha value is -2.37. The molecule has 0 aromatic heterocycles. The van der Waals surface area contributed by atoms with Gasteiger partial charge in [-0.3, -0.25) is 9.59 Å². The van der Waals surface area contributed by atoms with Crippen LogP contribution in [0.2, 0.25) is 5.02 Å². The molecule has 0 unspecified atom stereocenters. The highest BCUT2D eigenvalue weighted by molar-refractivity contribution is 6.30. The second kappa shape index (κ2) is 8.34. The number of para-hydroxylation sites is 1. The first-order valence-corrected chi connectivity index (χ1v) is 9.09. The summed E-state index contributed by atoms with van der Waals surface area (Å²) in [6.45, 7) is 2.12. The summed E-state index contributed by atoms with van der Waals surface area (Å²) in [4.78, 5) is 24.6. The van der Waals surface area contributed by atoms with Gasteiger partial charge in [0, 0.05) is 17.1 Å². The van der Waals surface area contributed by atoms with Gasteiger partial charge in [-0.1, -0.05) is 35.9 Å². The Morgan fingerprint density at radius 2 is 1.81 bits per heavy atom. The molecule has 3 N–H and O–H groups in total. The highest BCUT2D eigenvalue weighted by Crippen LogP contribution is 2.21. The third-order valence-electron chi connectivity index (χ3n) is 4.30. The summed E-state index contributed by atoms with van der Waals surface area (Å²) in [6, 6.07) is 14.8. The highest BCUT2D eigenvalue weighted by atomic mass is 35.5. The Morgan fingerprint density at radius 3 is 2.50 bits per heavy atom. The molecule has 0 heterocycles. The van der Waals surface area contributed by atoms with Gasteiger partial charge in [0.1, 0.15) is 0 Å². The predicted molar refractivity (Wildman–Crippen MR) is 103 cm³/mol. The van der Waals surface area contributed by atoms with E-state index in [1.54, 1.807) is 24.3 Å². The molecule has 1 atom stereocenters. The Kier molecular flexibility index (Phi) is 5.91. The van der Waals surface area contributed by atoms with Gasteiger partial charge in [-0.25, -0.2) is 0 Å². The first-order valence-electron chi connectivity index (χ1n) is 8.71. The quantitative estimate of drug-likeness (QED) is 0.697. The fraction of sp³-hybridized carbons (Fsp3) is 0.300. The molecule has 3 rings (SSSR count). The summed E-state index contributed by atoms with van der Waals surface area (Å²) in [6.07, 6.45) is 2.04. The number of halogens is 1. The van der Waals surface area contributed by atoms with Gasteiger partial charge in [-0.15, -0.1) is 0 Å². The number of anilines is 1. The zero-order valence-electron chi connectivity index (χ0n) is 14.6. The Labute approximate surface area is 158 Å². The number of hydrogen-bond donors (Lipinski definition) is 3. The van der Waals surface area contributed by atoms with Crippen molar-refractivity contribution in [2.75, 3.05) is 11.9 Å². The largest absolute Gasteiger partial charge is 0.349 e. The minimum absolute atomic E-state index is 0.00595. The molecule has 2 aromatic rings. The summed E-state index contributed by atoms with van der Waals surface area (Å²) in [5, 5.41) is 9.62. The van der Waals surface area contributed by atoms with Crippen LogP contribution in [0.25, 0.3) is 0 Å². The lowest BCUT2D eigenvalue weighted by molar-refractivity contribution is -0.115. The zero-order valence-corrected chi connectivity index (χ0v) is 15.3. The maximum Gasteiger partial charge on any atom is 0.253 e. The van der Waals surface area contributed by atoms with Crippen LogP contribution in [-0.2, 0) is 4.79 Å². The van der Waals surface area contributed by atoms with E-state index in [9.17, 15) is 9.59 Å². The lowest BCUT2D eigenvalue weighted by Gasteiger charge is -2.15. The number of carbonyl (C=O) groups excluding carboxylic acids is 2. The molecular weight excluding hydrogens is 350 g/mol. The third-order valence-corrected chi connectivity index (χ3v) is 4.55. The molecule has 0 aliphatic heterocycles. The van der Waals surface area contributed by atoms with Crippen LogP contribution in [0.3, 0.4) is 0 Å². The van der Waals surface area contributed by atoms with Gasteiger partial charge in [0.15, 0.2) is 0 Å². The molecule has 0 radical (unpaired) electrons. The van der Waals surface area contributed by atoms with Gasteiger partial charge >= 0.3 is 0 Å². The van der Waals surface area contributed by atoms with Crippen LogP contribution in [0.15, 0.2) is 48.5 Å². The van der Waals surface area contributed by atoms with E-state index in [2.05, 4.69) is 16.0 Å². The number of carbonyl (C=O) groups is 2. The topological polar surface area (TPSA) is 70.2 Å². The van der Waals surface area contributed by atoms with E-state index in [4.69, 9.17) is 11.6 Å². The van der Waals surface area contributed by atoms with Crippen LogP contribution in [0.1, 0.15) is 41.7 Å². The predicted octanol–water partition coefficient (Wildman–Crippen LogP) is 3.52. The lowest BCUT2D eigenvalue weighted by Crippen LogP contribution is -2.31. The van der Waals surface area contributed by atoms with Crippen molar-refractivity contribution in [1.29, 1.82) is 0 Å². The SMILES string of the molecule is C[C@@H](NCC(=O)Nc1ccccc1C(=O)NC1CC1)c1ccc(Cl)cc1.